The van der Waals surface area contributed by atoms with Crippen LogP contribution in [0.5, 0.6) is 0 Å². The normalized spacial score (nSPS) is 19.7. The van der Waals surface area contributed by atoms with Crippen LogP contribution in [0, 0.1) is 10.1 Å². The second kappa shape index (κ2) is 6.44. The van der Waals surface area contributed by atoms with Crippen molar-refractivity contribution in [2.45, 2.75) is 19.1 Å². The van der Waals surface area contributed by atoms with Crippen LogP contribution in [-0.4, -0.2) is 31.0 Å². The zero-order valence-corrected chi connectivity index (χ0v) is 10.0. The highest BCUT2D eigenvalue weighted by Crippen LogP contribution is 2.12. The number of benzene rings is 1. The minimum absolute atomic E-state index is 0.117. The molecular formula is C12H16N2O4. The summed E-state index contributed by atoms with van der Waals surface area (Å²) < 4.78 is 10.5. The van der Waals surface area contributed by atoms with Crippen molar-refractivity contribution in [3.8, 4) is 0 Å². The molecule has 1 aliphatic heterocycles. The molecule has 1 aromatic carbocycles. The van der Waals surface area contributed by atoms with Gasteiger partial charge in [-0.3, -0.25) is 10.1 Å². The molecule has 0 aliphatic carbocycles. The number of nitrogens with zero attached hydrogens (tertiary/aromatic N) is 1. The SMILES string of the molecule is O=[N+]([O-])c1ccc(CNCC2CCOCO2)cc1. The molecule has 18 heavy (non-hydrogen) atoms. The van der Waals surface area contributed by atoms with Crippen LogP contribution >= 0.6 is 0 Å². The molecule has 98 valence electrons. The van der Waals surface area contributed by atoms with Crippen molar-refractivity contribution in [3.63, 3.8) is 0 Å². The van der Waals surface area contributed by atoms with Crippen molar-refractivity contribution < 1.29 is 14.4 Å². The van der Waals surface area contributed by atoms with Gasteiger partial charge in [0.2, 0.25) is 0 Å². The molecule has 1 N–H and O–H groups in total. The summed E-state index contributed by atoms with van der Waals surface area (Å²) in [5, 5.41) is 13.8. The standard InChI is InChI=1S/C12H16N2O4/c15-14(16)11-3-1-10(2-4-11)7-13-8-12-5-6-17-9-18-12/h1-4,12-13H,5-9H2. The van der Waals surface area contributed by atoms with E-state index in [1.54, 1.807) is 12.1 Å². The average molecular weight is 252 g/mol. The van der Waals surface area contributed by atoms with Crippen molar-refractivity contribution in [1.82, 2.24) is 5.32 Å². The van der Waals surface area contributed by atoms with Gasteiger partial charge in [0.15, 0.2) is 0 Å². The van der Waals surface area contributed by atoms with E-state index in [1.807, 2.05) is 0 Å². The molecule has 0 saturated carbocycles. The summed E-state index contributed by atoms with van der Waals surface area (Å²) in [7, 11) is 0. The van der Waals surface area contributed by atoms with E-state index in [1.165, 1.54) is 12.1 Å². The summed E-state index contributed by atoms with van der Waals surface area (Å²) in [5.41, 5.74) is 1.14. The van der Waals surface area contributed by atoms with Crippen LogP contribution in [0.25, 0.3) is 0 Å². The lowest BCUT2D eigenvalue weighted by molar-refractivity contribution is -0.384. The Morgan fingerprint density at radius 3 is 2.78 bits per heavy atom. The van der Waals surface area contributed by atoms with Gasteiger partial charge >= 0.3 is 0 Å². The fraction of sp³-hybridized carbons (Fsp3) is 0.500. The predicted molar refractivity (Wildman–Crippen MR) is 65.1 cm³/mol. The molecule has 2 rings (SSSR count). The van der Waals surface area contributed by atoms with Gasteiger partial charge in [-0.05, 0) is 12.0 Å². The highest BCUT2D eigenvalue weighted by molar-refractivity contribution is 5.32. The van der Waals surface area contributed by atoms with Gasteiger partial charge in [-0.15, -0.1) is 0 Å². The summed E-state index contributed by atoms with van der Waals surface area (Å²) in [5.74, 6) is 0. The van der Waals surface area contributed by atoms with E-state index in [0.29, 0.717) is 13.3 Å². The highest BCUT2D eigenvalue weighted by Gasteiger charge is 2.13. The third-order valence-electron chi connectivity index (χ3n) is 2.82. The maximum atomic E-state index is 10.5. The fourth-order valence-electron chi connectivity index (χ4n) is 1.78. The number of ether oxygens (including phenoxy) is 2. The first-order chi connectivity index (χ1) is 8.75. The topological polar surface area (TPSA) is 73.6 Å². The predicted octanol–water partition coefficient (Wildman–Crippen LogP) is 1.45. The largest absolute Gasteiger partial charge is 0.355 e. The van der Waals surface area contributed by atoms with E-state index in [9.17, 15) is 10.1 Å². The van der Waals surface area contributed by atoms with Gasteiger partial charge in [-0.25, -0.2) is 0 Å². The molecule has 0 aromatic heterocycles. The maximum absolute atomic E-state index is 10.5. The highest BCUT2D eigenvalue weighted by atomic mass is 16.7. The number of non-ortho nitro benzene ring substituents is 1. The third-order valence-corrected chi connectivity index (χ3v) is 2.82. The van der Waals surface area contributed by atoms with Crippen molar-refractivity contribution in [3.05, 3.63) is 39.9 Å². The molecule has 0 amide bonds. The molecule has 6 heteroatoms. The van der Waals surface area contributed by atoms with Gasteiger partial charge < -0.3 is 14.8 Å². The second-order valence-corrected chi connectivity index (χ2v) is 4.16. The quantitative estimate of drug-likeness (QED) is 0.634. The molecule has 1 aliphatic rings. The molecule has 1 saturated heterocycles. The number of nitro benzene ring substituents is 1. The summed E-state index contributed by atoms with van der Waals surface area (Å²) in [6.07, 6.45) is 1.09. The molecule has 1 heterocycles. The van der Waals surface area contributed by atoms with Crippen molar-refractivity contribution in [1.29, 1.82) is 0 Å². The number of nitro groups is 1. The van der Waals surface area contributed by atoms with E-state index >= 15 is 0 Å². The van der Waals surface area contributed by atoms with Gasteiger partial charge in [0, 0.05) is 25.2 Å². The van der Waals surface area contributed by atoms with E-state index in [0.717, 1.165) is 25.1 Å². The molecule has 1 aromatic rings. The Bertz CT molecular complexity index is 388. The number of hydrogen-bond acceptors (Lipinski definition) is 5. The average Bonchev–Trinajstić information content (AvgIpc) is 2.40. The molecule has 0 spiro atoms. The lowest BCUT2D eigenvalue weighted by atomic mass is 10.2. The lowest BCUT2D eigenvalue weighted by Crippen LogP contribution is -2.33. The Morgan fingerprint density at radius 1 is 1.39 bits per heavy atom. The number of hydrogen-bond donors (Lipinski definition) is 1. The van der Waals surface area contributed by atoms with Crippen molar-refractivity contribution in [2.75, 3.05) is 19.9 Å². The van der Waals surface area contributed by atoms with E-state index in [4.69, 9.17) is 9.47 Å². The van der Waals surface area contributed by atoms with Gasteiger partial charge in [0.05, 0.1) is 17.6 Å². The molecule has 0 bridgehead atoms. The summed E-state index contributed by atoms with van der Waals surface area (Å²) in [4.78, 5) is 10.1. The van der Waals surface area contributed by atoms with Gasteiger partial charge in [-0.2, -0.15) is 0 Å². The minimum Gasteiger partial charge on any atom is -0.355 e. The van der Waals surface area contributed by atoms with Crippen molar-refractivity contribution >= 4 is 5.69 Å². The summed E-state index contributed by atoms with van der Waals surface area (Å²) in [6, 6.07) is 6.55. The molecule has 6 nitrogen and oxygen atoms in total. The van der Waals surface area contributed by atoms with Crippen LogP contribution < -0.4 is 5.32 Å². The summed E-state index contributed by atoms with van der Waals surface area (Å²) >= 11 is 0. The first-order valence-electron chi connectivity index (χ1n) is 5.89. The van der Waals surface area contributed by atoms with Crippen LogP contribution in [0.4, 0.5) is 5.69 Å². The van der Waals surface area contributed by atoms with Crippen LogP contribution in [0.1, 0.15) is 12.0 Å². The van der Waals surface area contributed by atoms with Crippen LogP contribution in [0.15, 0.2) is 24.3 Å². The first kappa shape index (κ1) is 12.9. The molecular weight excluding hydrogens is 236 g/mol. The van der Waals surface area contributed by atoms with Gasteiger partial charge in [0.25, 0.3) is 5.69 Å². The first-order valence-corrected chi connectivity index (χ1v) is 5.89. The van der Waals surface area contributed by atoms with Gasteiger partial charge in [-0.1, -0.05) is 12.1 Å². The van der Waals surface area contributed by atoms with Crippen molar-refractivity contribution in [2.24, 2.45) is 0 Å². The zero-order chi connectivity index (χ0) is 12.8. The minimum atomic E-state index is -0.396. The van der Waals surface area contributed by atoms with Crippen LogP contribution in [0.2, 0.25) is 0 Å². The third kappa shape index (κ3) is 3.76. The Kier molecular flexibility index (Phi) is 4.63. The van der Waals surface area contributed by atoms with E-state index in [2.05, 4.69) is 5.32 Å². The smallest absolute Gasteiger partial charge is 0.269 e. The molecule has 1 atom stereocenters. The fourth-order valence-corrected chi connectivity index (χ4v) is 1.78. The van der Waals surface area contributed by atoms with Crippen LogP contribution in [0.3, 0.4) is 0 Å². The molecule has 1 unspecified atom stereocenters. The van der Waals surface area contributed by atoms with Crippen LogP contribution in [-0.2, 0) is 16.0 Å². The Balaban J connectivity index is 1.74. The number of rotatable bonds is 5. The van der Waals surface area contributed by atoms with Gasteiger partial charge in [0.1, 0.15) is 6.79 Å². The lowest BCUT2D eigenvalue weighted by Gasteiger charge is -2.22. The van der Waals surface area contributed by atoms with E-state index in [-0.39, 0.29) is 11.8 Å². The Hall–Kier alpha value is -1.50. The second-order valence-electron chi connectivity index (χ2n) is 4.16. The maximum Gasteiger partial charge on any atom is 0.269 e. The molecule has 0 radical (unpaired) electrons. The summed E-state index contributed by atoms with van der Waals surface area (Å²) in [6.45, 7) is 2.55. The Morgan fingerprint density at radius 2 is 2.17 bits per heavy atom. The number of nitrogens with one attached hydrogen (secondary N) is 1. The Labute approximate surface area is 105 Å². The monoisotopic (exact) mass is 252 g/mol. The zero-order valence-electron chi connectivity index (χ0n) is 10.0. The van der Waals surface area contributed by atoms with E-state index < -0.39 is 4.92 Å². The molecule has 1 fully saturated rings.